The van der Waals surface area contributed by atoms with E-state index in [1.165, 1.54) is 18.4 Å². The Morgan fingerprint density at radius 3 is 2.93 bits per heavy atom. The highest BCUT2D eigenvalue weighted by molar-refractivity contribution is 5.27. The third-order valence-corrected chi connectivity index (χ3v) is 3.54. The van der Waals surface area contributed by atoms with Gasteiger partial charge in [0.25, 0.3) is 0 Å². The summed E-state index contributed by atoms with van der Waals surface area (Å²) < 4.78 is 5.58. The Morgan fingerprint density at radius 1 is 1.60 bits per heavy atom. The van der Waals surface area contributed by atoms with Crippen LogP contribution >= 0.6 is 0 Å². The van der Waals surface area contributed by atoms with Crippen molar-refractivity contribution in [1.29, 1.82) is 0 Å². The predicted octanol–water partition coefficient (Wildman–Crippen LogP) is 2.66. The van der Waals surface area contributed by atoms with Crippen molar-refractivity contribution in [2.75, 3.05) is 6.61 Å². The summed E-state index contributed by atoms with van der Waals surface area (Å²) in [5.41, 5.74) is 1.43. The third kappa shape index (κ3) is 2.61. The van der Waals surface area contributed by atoms with E-state index in [0.29, 0.717) is 0 Å². The first kappa shape index (κ1) is 11.2. The van der Waals surface area contributed by atoms with Crippen LogP contribution in [-0.2, 0) is 4.74 Å². The zero-order valence-electron chi connectivity index (χ0n) is 9.83. The van der Waals surface area contributed by atoms with Crippen LogP contribution in [0, 0.1) is 5.92 Å². The number of hydrogen-bond donors (Lipinski definition) is 1. The molecule has 1 spiro atoms. The molecule has 2 heteroatoms. The summed E-state index contributed by atoms with van der Waals surface area (Å²) in [7, 11) is 0. The highest BCUT2D eigenvalue weighted by Gasteiger charge is 2.49. The Hall–Kier alpha value is -0.340. The fraction of sp³-hybridized carbons (Fsp3) is 0.846. The van der Waals surface area contributed by atoms with Crippen LogP contribution in [0.2, 0.25) is 0 Å². The van der Waals surface area contributed by atoms with Crippen LogP contribution in [0.3, 0.4) is 0 Å². The van der Waals surface area contributed by atoms with Gasteiger partial charge in [-0.3, -0.25) is 0 Å². The van der Waals surface area contributed by atoms with E-state index in [1.807, 2.05) is 6.08 Å². The molecule has 86 valence electrons. The topological polar surface area (TPSA) is 32.8 Å². The molecule has 0 aromatic rings. The van der Waals surface area contributed by atoms with Crippen molar-refractivity contribution in [1.82, 2.24) is 0 Å². The average Bonchev–Trinajstić information content (AvgIpc) is 2.92. The molecule has 15 heavy (non-hydrogen) atoms. The molecule has 0 saturated carbocycles. The van der Waals surface area contributed by atoms with Gasteiger partial charge in [-0.05, 0) is 37.2 Å². The second kappa shape index (κ2) is 4.26. The van der Waals surface area contributed by atoms with E-state index in [0.717, 1.165) is 31.8 Å². The Labute approximate surface area is 92.3 Å². The molecular weight excluding hydrogens is 188 g/mol. The highest BCUT2D eigenvalue weighted by atomic mass is 16.6. The minimum atomic E-state index is -0.228. The van der Waals surface area contributed by atoms with Crippen LogP contribution in [0.15, 0.2) is 11.6 Å². The van der Waals surface area contributed by atoms with Gasteiger partial charge in [-0.15, -0.1) is 0 Å². The van der Waals surface area contributed by atoms with Gasteiger partial charge in [0.1, 0.15) is 5.60 Å². The van der Waals surface area contributed by atoms with Gasteiger partial charge in [0.05, 0.1) is 12.7 Å². The first-order chi connectivity index (χ1) is 7.12. The minimum absolute atomic E-state index is 0.0657. The monoisotopic (exact) mass is 210 g/mol. The molecule has 0 aromatic carbocycles. The predicted molar refractivity (Wildman–Crippen MR) is 60.7 cm³/mol. The van der Waals surface area contributed by atoms with Crippen LogP contribution in [0.1, 0.15) is 46.0 Å². The smallest absolute Gasteiger partial charge is 0.113 e. The maximum Gasteiger partial charge on any atom is 0.113 e. The van der Waals surface area contributed by atoms with E-state index in [-0.39, 0.29) is 11.7 Å². The van der Waals surface area contributed by atoms with Gasteiger partial charge in [-0.1, -0.05) is 26.3 Å². The molecule has 2 nitrogen and oxygen atoms in total. The van der Waals surface area contributed by atoms with E-state index in [1.54, 1.807) is 0 Å². The fourth-order valence-corrected chi connectivity index (χ4v) is 2.44. The van der Waals surface area contributed by atoms with Gasteiger partial charge in [0.15, 0.2) is 0 Å². The van der Waals surface area contributed by atoms with Crippen molar-refractivity contribution >= 4 is 0 Å². The van der Waals surface area contributed by atoms with E-state index in [9.17, 15) is 5.11 Å². The Morgan fingerprint density at radius 2 is 2.33 bits per heavy atom. The first-order valence-electron chi connectivity index (χ1n) is 6.15. The largest absolute Gasteiger partial charge is 0.389 e. The highest BCUT2D eigenvalue weighted by Crippen LogP contribution is 2.45. The normalized spacial score (nSPS) is 34.7. The SMILES string of the molecule is CC(C)CCCC1=CC(O)CCC12CO2. The number of hydrogen-bond acceptors (Lipinski definition) is 2. The molecule has 2 atom stereocenters. The summed E-state index contributed by atoms with van der Waals surface area (Å²) in [6, 6.07) is 0. The maximum absolute atomic E-state index is 9.62. The summed E-state index contributed by atoms with van der Waals surface area (Å²) in [6.45, 7) is 5.40. The van der Waals surface area contributed by atoms with E-state index < -0.39 is 0 Å². The van der Waals surface area contributed by atoms with Crippen molar-refractivity contribution in [3.8, 4) is 0 Å². The van der Waals surface area contributed by atoms with Gasteiger partial charge in [-0.2, -0.15) is 0 Å². The molecule has 2 rings (SSSR count). The number of epoxide rings is 1. The third-order valence-electron chi connectivity index (χ3n) is 3.54. The van der Waals surface area contributed by atoms with Crippen molar-refractivity contribution in [3.63, 3.8) is 0 Å². The van der Waals surface area contributed by atoms with Crippen LogP contribution in [0.5, 0.6) is 0 Å². The lowest BCUT2D eigenvalue weighted by Gasteiger charge is -2.24. The summed E-state index contributed by atoms with van der Waals surface area (Å²) in [5.74, 6) is 0.773. The van der Waals surface area contributed by atoms with Gasteiger partial charge in [0.2, 0.25) is 0 Å². The van der Waals surface area contributed by atoms with Crippen molar-refractivity contribution in [3.05, 3.63) is 11.6 Å². The second-order valence-corrected chi connectivity index (χ2v) is 5.37. The van der Waals surface area contributed by atoms with Gasteiger partial charge >= 0.3 is 0 Å². The average molecular weight is 210 g/mol. The molecule has 1 saturated heterocycles. The maximum atomic E-state index is 9.62. The quantitative estimate of drug-likeness (QED) is 0.571. The summed E-state index contributed by atoms with van der Waals surface area (Å²) >= 11 is 0. The van der Waals surface area contributed by atoms with E-state index >= 15 is 0 Å². The molecule has 1 heterocycles. The van der Waals surface area contributed by atoms with E-state index in [2.05, 4.69) is 13.8 Å². The van der Waals surface area contributed by atoms with Crippen LogP contribution in [0.25, 0.3) is 0 Å². The summed E-state index contributed by atoms with van der Waals surface area (Å²) in [6.07, 6.45) is 7.29. The van der Waals surface area contributed by atoms with Gasteiger partial charge < -0.3 is 9.84 Å². The standard InChI is InChI=1S/C13H22O2/c1-10(2)4-3-5-11-8-12(14)6-7-13(11)9-15-13/h8,10,12,14H,3-7,9H2,1-2H3. The molecule has 1 aliphatic heterocycles. The van der Waals surface area contributed by atoms with Crippen molar-refractivity contribution in [2.45, 2.75) is 57.7 Å². The Bertz CT molecular complexity index is 251. The molecular formula is C13H22O2. The first-order valence-corrected chi connectivity index (χ1v) is 6.15. The molecule has 0 bridgehead atoms. The summed E-state index contributed by atoms with van der Waals surface area (Å²) in [4.78, 5) is 0. The molecule has 1 fully saturated rings. The molecule has 0 amide bonds. The Kier molecular flexibility index (Phi) is 3.17. The minimum Gasteiger partial charge on any atom is -0.389 e. The van der Waals surface area contributed by atoms with Gasteiger partial charge in [-0.25, -0.2) is 0 Å². The number of ether oxygens (including phenoxy) is 1. The number of aliphatic hydroxyl groups is 1. The zero-order chi connectivity index (χ0) is 10.9. The van der Waals surface area contributed by atoms with Crippen LogP contribution in [0.4, 0.5) is 0 Å². The number of aliphatic hydroxyl groups excluding tert-OH is 1. The fourth-order valence-electron chi connectivity index (χ4n) is 2.44. The van der Waals surface area contributed by atoms with Gasteiger partial charge in [0, 0.05) is 0 Å². The van der Waals surface area contributed by atoms with Crippen LogP contribution < -0.4 is 0 Å². The van der Waals surface area contributed by atoms with Crippen molar-refractivity contribution < 1.29 is 9.84 Å². The molecule has 0 radical (unpaired) electrons. The lowest BCUT2D eigenvalue weighted by atomic mass is 9.83. The Balaban J connectivity index is 1.88. The molecule has 1 aliphatic carbocycles. The lowest BCUT2D eigenvalue weighted by molar-refractivity contribution is 0.175. The number of rotatable bonds is 4. The van der Waals surface area contributed by atoms with E-state index in [4.69, 9.17) is 4.74 Å². The lowest BCUT2D eigenvalue weighted by Crippen LogP contribution is -2.24. The molecule has 2 unspecified atom stereocenters. The molecule has 1 N–H and O–H groups in total. The second-order valence-electron chi connectivity index (χ2n) is 5.37. The summed E-state index contributed by atoms with van der Waals surface area (Å²) in [5, 5.41) is 9.62. The zero-order valence-corrected chi connectivity index (χ0v) is 9.83. The molecule has 0 aromatic heterocycles. The van der Waals surface area contributed by atoms with Crippen LogP contribution in [-0.4, -0.2) is 23.4 Å². The van der Waals surface area contributed by atoms with Crippen molar-refractivity contribution in [2.24, 2.45) is 5.92 Å². The molecule has 2 aliphatic rings.